The molecular weight excluding hydrogens is 354 g/mol. The molecule has 1 fully saturated rings. The van der Waals surface area contributed by atoms with Crippen molar-refractivity contribution in [2.75, 3.05) is 38.3 Å². The van der Waals surface area contributed by atoms with Gasteiger partial charge in [-0.3, -0.25) is 4.79 Å². The molecule has 1 aromatic heterocycles. The zero-order chi connectivity index (χ0) is 19.3. The number of morpholine rings is 1. The maximum atomic E-state index is 12.6. The largest absolute Gasteiger partial charge is 0.437 e. The van der Waals surface area contributed by atoms with Crippen LogP contribution in [0.3, 0.4) is 0 Å². The van der Waals surface area contributed by atoms with Crippen molar-refractivity contribution in [3.8, 4) is 0 Å². The molecule has 1 aliphatic heterocycles. The molecule has 6 nitrogen and oxygen atoms in total. The normalized spacial score (nSPS) is 14.7. The molecule has 2 aromatic carbocycles. The number of nitrogens with zero attached hydrogens (tertiary/aromatic N) is 3. The number of carbonyl (C=O) groups excluding carboxylic acids is 1. The van der Waals surface area contributed by atoms with Gasteiger partial charge >= 0.3 is 0 Å². The molecule has 4 rings (SSSR count). The summed E-state index contributed by atoms with van der Waals surface area (Å²) >= 11 is 0. The van der Waals surface area contributed by atoms with Crippen LogP contribution in [0.15, 0.2) is 59.0 Å². The third kappa shape index (κ3) is 4.07. The molecule has 0 saturated carbocycles. The number of carbonyl (C=O) groups is 1. The van der Waals surface area contributed by atoms with Gasteiger partial charge in [0, 0.05) is 44.5 Å². The lowest BCUT2D eigenvalue weighted by atomic mass is 10.1. The van der Waals surface area contributed by atoms with E-state index in [1.807, 2.05) is 36.4 Å². The predicted molar refractivity (Wildman–Crippen MR) is 109 cm³/mol. The van der Waals surface area contributed by atoms with Crippen molar-refractivity contribution in [1.82, 2.24) is 9.88 Å². The molecule has 0 radical (unpaired) electrons. The van der Waals surface area contributed by atoms with Gasteiger partial charge in [0.15, 0.2) is 5.58 Å². The van der Waals surface area contributed by atoms with Crippen LogP contribution in [0.1, 0.15) is 11.5 Å². The predicted octanol–water partition coefficient (Wildman–Crippen LogP) is 3.34. The molecule has 1 saturated heterocycles. The fourth-order valence-corrected chi connectivity index (χ4v) is 3.32. The van der Waals surface area contributed by atoms with E-state index in [4.69, 9.17) is 9.15 Å². The Balaban J connectivity index is 1.44. The highest BCUT2D eigenvalue weighted by Crippen LogP contribution is 2.23. The number of rotatable bonds is 5. The zero-order valence-corrected chi connectivity index (χ0v) is 15.9. The average molecular weight is 377 g/mol. The van der Waals surface area contributed by atoms with Crippen LogP contribution in [-0.4, -0.2) is 49.1 Å². The van der Waals surface area contributed by atoms with Crippen molar-refractivity contribution in [1.29, 1.82) is 0 Å². The number of likely N-dealkylation sites (N-methyl/N-ethyl adjacent to an activating group) is 1. The summed E-state index contributed by atoms with van der Waals surface area (Å²) in [4.78, 5) is 20.9. The van der Waals surface area contributed by atoms with Crippen LogP contribution in [0, 0.1) is 0 Å². The third-order valence-corrected chi connectivity index (χ3v) is 4.81. The Hall–Kier alpha value is -3.12. The van der Waals surface area contributed by atoms with E-state index < -0.39 is 0 Å². The van der Waals surface area contributed by atoms with E-state index in [0.29, 0.717) is 18.0 Å². The summed E-state index contributed by atoms with van der Waals surface area (Å²) in [6.07, 6.45) is 3.12. The summed E-state index contributed by atoms with van der Waals surface area (Å²) in [7, 11) is 1.80. The van der Waals surface area contributed by atoms with Crippen LogP contribution >= 0.6 is 0 Å². The Morgan fingerprint density at radius 1 is 1.14 bits per heavy atom. The molecule has 0 N–H and O–H groups in total. The van der Waals surface area contributed by atoms with Crippen LogP contribution in [0.2, 0.25) is 0 Å². The summed E-state index contributed by atoms with van der Waals surface area (Å²) in [6, 6.07) is 15.7. The molecule has 2 heterocycles. The summed E-state index contributed by atoms with van der Waals surface area (Å²) in [6.45, 7) is 3.73. The number of benzene rings is 2. The molecule has 1 aliphatic rings. The first-order chi connectivity index (χ1) is 13.7. The molecule has 6 heteroatoms. The zero-order valence-electron chi connectivity index (χ0n) is 15.9. The van der Waals surface area contributed by atoms with Gasteiger partial charge in [-0.25, -0.2) is 4.98 Å². The Kier molecular flexibility index (Phi) is 5.39. The number of fused-ring (bicyclic) bond motifs is 1. The van der Waals surface area contributed by atoms with Gasteiger partial charge in [-0.1, -0.05) is 30.3 Å². The minimum Gasteiger partial charge on any atom is -0.437 e. The molecule has 0 spiro atoms. The topological polar surface area (TPSA) is 58.8 Å². The molecular formula is C22H23N3O3. The van der Waals surface area contributed by atoms with Crippen molar-refractivity contribution in [3.63, 3.8) is 0 Å². The summed E-state index contributed by atoms with van der Waals surface area (Å²) < 4.78 is 11.1. The van der Waals surface area contributed by atoms with Gasteiger partial charge in [0.2, 0.25) is 11.8 Å². The lowest BCUT2D eigenvalue weighted by Gasteiger charge is -2.31. The highest BCUT2D eigenvalue weighted by Gasteiger charge is 2.16. The third-order valence-electron chi connectivity index (χ3n) is 4.81. The lowest BCUT2D eigenvalue weighted by Crippen LogP contribution is -2.37. The number of ether oxygens (including phenoxy) is 1. The lowest BCUT2D eigenvalue weighted by molar-refractivity contribution is -0.125. The number of anilines is 1. The van der Waals surface area contributed by atoms with Gasteiger partial charge in [0.1, 0.15) is 5.52 Å². The first kappa shape index (κ1) is 18.3. The maximum Gasteiger partial charge on any atom is 0.246 e. The summed E-state index contributed by atoms with van der Waals surface area (Å²) in [5.74, 6) is 0.329. The molecule has 144 valence electrons. The van der Waals surface area contributed by atoms with Crippen LogP contribution in [-0.2, 0) is 16.1 Å². The summed E-state index contributed by atoms with van der Waals surface area (Å²) in [5.41, 5.74) is 3.77. The van der Waals surface area contributed by atoms with Gasteiger partial charge in [-0.15, -0.1) is 0 Å². The number of hydrogen-bond acceptors (Lipinski definition) is 5. The maximum absolute atomic E-state index is 12.6. The van der Waals surface area contributed by atoms with Crippen LogP contribution in [0.4, 0.5) is 5.69 Å². The van der Waals surface area contributed by atoms with Gasteiger partial charge in [-0.2, -0.15) is 0 Å². The summed E-state index contributed by atoms with van der Waals surface area (Å²) in [5, 5.41) is 0. The number of hydrogen-bond donors (Lipinski definition) is 0. The quantitative estimate of drug-likeness (QED) is 0.639. The van der Waals surface area contributed by atoms with E-state index in [0.717, 1.165) is 43.1 Å². The Bertz CT molecular complexity index is 956. The van der Waals surface area contributed by atoms with E-state index >= 15 is 0 Å². The van der Waals surface area contributed by atoms with Crippen molar-refractivity contribution >= 4 is 28.8 Å². The van der Waals surface area contributed by atoms with E-state index in [2.05, 4.69) is 22.0 Å². The van der Waals surface area contributed by atoms with Gasteiger partial charge in [0.25, 0.3) is 0 Å². The highest BCUT2D eigenvalue weighted by atomic mass is 16.5. The molecule has 1 amide bonds. The van der Waals surface area contributed by atoms with Crippen LogP contribution in [0.5, 0.6) is 0 Å². The Morgan fingerprint density at radius 3 is 2.71 bits per heavy atom. The fourth-order valence-electron chi connectivity index (χ4n) is 3.32. The van der Waals surface area contributed by atoms with E-state index in [-0.39, 0.29) is 5.91 Å². The standard InChI is InChI=1S/C22H23N3O3/c1-24(16-17-6-2-4-8-19(17)25-12-14-27-15-13-25)22(26)11-10-21-23-18-7-3-5-9-20(18)28-21/h2-11H,12-16H2,1H3. The van der Waals surface area contributed by atoms with Crippen molar-refractivity contribution in [2.24, 2.45) is 0 Å². The molecule has 0 aliphatic carbocycles. The average Bonchev–Trinajstić information content (AvgIpc) is 3.16. The second-order valence-corrected chi connectivity index (χ2v) is 6.78. The van der Waals surface area contributed by atoms with Crippen molar-refractivity contribution in [3.05, 3.63) is 66.1 Å². The monoisotopic (exact) mass is 377 g/mol. The molecule has 0 unspecified atom stereocenters. The SMILES string of the molecule is CN(Cc1ccccc1N1CCOCC1)C(=O)C=Cc1nc2ccccc2o1. The number of oxazole rings is 1. The van der Waals surface area contributed by atoms with E-state index in [1.54, 1.807) is 18.0 Å². The van der Waals surface area contributed by atoms with Gasteiger partial charge < -0.3 is 19.0 Å². The first-order valence-corrected chi connectivity index (χ1v) is 9.40. The second kappa shape index (κ2) is 8.27. The van der Waals surface area contributed by atoms with Crippen LogP contribution < -0.4 is 4.90 Å². The Morgan fingerprint density at radius 2 is 1.89 bits per heavy atom. The molecule has 0 bridgehead atoms. The second-order valence-electron chi connectivity index (χ2n) is 6.78. The van der Waals surface area contributed by atoms with E-state index in [1.165, 1.54) is 6.08 Å². The number of para-hydroxylation sites is 3. The number of amides is 1. The fraction of sp³-hybridized carbons (Fsp3) is 0.273. The van der Waals surface area contributed by atoms with Gasteiger partial charge in [-0.05, 0) is 23.8 Å². The molecule has 0 atom stereocenters. The Labute approximate surface area is 164 Å². The minimum absolute atomic E-state index is 0.0981. The molecule has 28 heavy (non-hydrogen) atoms. The van der Waals surface area contributed by atoms with E-state index in [9.17, 15) is 4.79 Å². The van der Waals surface area contributed by atoms with Gasteiger partial charge in [0.05, 0.1) is 13.2 Å². The van der Waals surface area contributed by atoms with Crippen molar-refractivity contribution in [2.45, 2.75) is 6.54 Å². The molecule has 3 aromatic rings. The smallest absolute Gasteiger partial charge is 0.246 e. The van der Waals surface area contributed by atoms with Crippen molar-refractivity contribution < 1.29 is 13.9 Å². The minimum atomic E-state index is -0.0981. The van der Waals surface area contributed by atoms with Crippen LogP contribution in [0.25, 0.3) is 17.2 Å². The number of aromatic nitrogens is 1. The highest BCUT2D eigenvalue weighted by molar-refractivity contribution is 5.91. The first-order valence-electron chi connectivity index (χ1n) is 9.40.